The zero-order chi connectivity index (χ0) is 13.8. The number of hydrogen-bond donors (Lipinski definition) is 3. The van der Waals surface area contributed by atoms with Gasteiger partial charge in [-0.05, 0) is 32.6 Å². The standard InChI is InChI=1S/C13H24N4O2/c1-9(13(19)16-11-2-3-11)15-12(18)8-17-6-4-10(14)5-7-17/h9-11H,2-8,14H2,1H3,(H,15,18)(H,16,19). The lowest BCUT2D eigenvalue weighted by Crippen LogP contribution is -2.50. The molecule has 1 saturated carbocycles. The molecule has 6 heteroatoms. The van der Waals surface area contributed by atoms with Crippen molar-refractivity contribution in [1.82, 2.24) is 15.5 Å². The van der Waals surface area contributed by atoms with Crippen LogP contribution >= 0.6 is 0 Å². The molecular formula is C13H24N4O2. The van der Waals surface area contributed by atoms with Gasteiger partial charge in [0.05, 0.1) is 6.54 Å². The fraction of sp³-hybridized carbons (Fsp3) is 0.846. The summed E-state index contributed by atoms with van der Waals surface area (Å²) in [6, 6.07) is 0.137. The quantitative estimate of drug-likeness (QED) is 0.609. The highest BCUT2D eigenvalue weighted by Gasteiger charge is 2.26. The fourth-order valence-electron chi connectivity index (χ4n) is 2.22. The molecule has 1 heterocycles. The zero-order valence-corrected chi connectivity index (χ0v) is 11.5. The number of carbonyl (C=O) groups is 2. The SMILES string of the molecule is CC(NC(=O)CN1CCC(N)CC1)C(=O)NC1CC1. The predicted molar refractivity (Wildman–Crippen MR) is 72.4 cm³/mol. The van der Waals surface area contributed by atoms with Gasteiger partial charge >= 0.3 is 0 Å². The van der Waals surface area contributed by atoms with Gasteiger partial charge in [0.15, 0.2) is 0 Å². The van der Waals surface area contributed by atoms with E-state index in [4.69, 9.17) is 5.73 Å². The van der Waals surface area contributed by atoms with Crippen LogP contribution in [0.3, 0.4) is 0 Å². The van der Waals surface area contributed by atoms with E-state index in [1.54, 1.807) is 6.92 Å². The largest absolute Gasteiger partial charge is 0.352 e. The van der Waals surface area contributed by atoms with E-state index in [1.807, 2.05) is 0 Å². The molecule has 108 valence electrons. The van der Waals surface area contributed by atoms with Crippen LogP contribution in [0.4, 0.5) is 0 Å². The van der Waals surface area contributed by atoms with Crippen molar-refractivity contribution in [2.75, 3.05) is 19.6 Å². The maximum atomic E-state index is 11.8. The van der Waals surface area contributed by atoms with E-state index < -0.39 is 6.04 Å². The monoisotopic (exact) mass is 268 g/mol. The number of likely N-dealkylation sites (tertiary alicyclic amines) is 1. The first-order chi connectivity index (χ1) is 9.04. The molecular weight excluding hydrogens is 244 g/mol. The molecule has 0 spiro atoms. The summed E-state index contributed by atoms with van der Waals surface area (Å²) in [5.74, 6) is -0.176. The Morgan fingerprint density at radius 2 is 1.89 bits per heavy atom. The normalized spacial score (nSPS) is 22.8. The number of nitrogens with two attached hydrogens (primary N) is 1. The third kappa shape index (κ3) is 4.80. The highest BCUT2D eigenvalue weighted by Crippen LogP contribution is 2.18. The number of nitrogens with zero attached hydrogens (tertiary/aromatic N) is 1. The van der Waals surface area contributed by atoms with Crippen LogP contribution in [0.1, 0.15) is 32.6 Å². The average Bonchev–Trinajstić information content (AvgIpc) is 3.16. The molecule has 1 aliphatic heterocycles. The topological polar surface area (TPSA) is 87.5 Å². The van der Waals surface area contributed by atoms with E-state index in [0.29, 0.717) is 12.6 Å². The molecule has 4 N–H and O–H groups in total. The first-order valence-electron chi connectivity index (χ1n) is 7.12. The van der Waals surface area contributed by atoms with Crippen LogP contribution in [0, 0.1) is 0 Å². The zero-order valence-electron chi connectivity index (χ0n) is 11.5. The van der Waals surface area contributed by atoms with E-state index >= 15 is 0 Å². The Morgan fingerprint density at radius 3 is 2.47 bits per heavy atom. The summed E-state index contributed by atoms with van der Waals surface area (Å²) in [5, 5.41) is 5.63. The molecule has 0 bridgehead atoms. The van der Waals surface area contributed by atoms with Crippen LogP contribution in [0.15, 0.2) is 0 Å². The predicted octanol–water partition coefficient (Wildman–Crippen LogP) is -0.807. The second kappa shape index (κ2) is 6.34. The van der Waals surface area contributed by atoms with Crippen molar-refractivity contribution >= 4 is 11.8 Å². The number of amides is 2. The second-order valence-electron chi connectivity index (χ2n) is 5.69. The summed E-state index contributed by atoms with van der Waals surface area (Å²) >= 11 is 0. The maximum absolute atomic E-state index is 11.8. The van der Waals surface area contributed by atoms with Gasteiger partial charge in [0.25, 0.3) is 0 Å². The maximum Gasteiger partial charge on any atom is 0.242 e. The summed E-state index contributed by atoms with van der Waals surface area (Å²) in [6.07, 6.45) is 3.98. The van der Waals surface area contributed by atoms with Gasteiger partial charge in [-0.15, -0.1) is 0 Å². The molecule has 6 nitrogen and oxygen atoms in total. The van der Waals surface area contributed by atoms with Gasteiger partial charge in [-0.1, -0.05) is 0 Å². The van der Waals surface area contributed by atoms with Gasteiger partial charge in [-0.2, -0.15) is 0 Å². The molecule has 0 aromatic carbocycles. The third-order valence-electron chi connectivity index (χ3n) is 3.69. The third-order valence-corrected chi connectivity index (χ3v) is 3.69. The fourth-order valence-corrected chi connectivity index (χ4v) is 2.22. The van der Waals surface area contributed by atoms with Crippen molar-refractivity contribution < 1.29 is 9.59 Å². The van der Waals surface area contributed by atoms with Crippen molar-refractivity contribution in [3.8, 4) is 0 Å². The summed E-state index contributed by atoms with van der Waals surface area (Å²) < 4.78 is 0. The molecule has 1 atom stereocenters. The molecule has 1 saturated heterocycles. The molecule has 0 radical (unpaired) electrons. The van der Waals surface area contributed by atoms with Gasteiger partial charge in [-0.25, -0.2) is 0 Å². The molecule has 2 aliphatic rings. The van der Waals surface area contributed by atoms with Crippen LogP contribution in [-0.4, -0.2) is 54.5 Å². The molecule has 0 aromatic rings. The molecule has 0 aromatic heterocycles. The van der Waals surface area contributed by atoms with Crippen molar-refractivity contribution in [3.63, 3.8) is 0 Å². The lowest BCUT2D eigenvalue weighted by molar-refractivity contribution is -0.129. The van der Waals surface area contributed by atoms with E-state index in [1.165, 1.54) is 0 Å². The van der Waals surface area contributed by atoms with Crippen molar-refractivity contribution in [1.29, 1.82) is 0 Å². The Labute approximate surface area is 114 Å². The van der Waals surface area contributed by atoms with Crippen molar-refractivity contribution in [3.05, 3.63) is 0 Å². The smallest absolute Gasteiger partial charge is 0.242 e. The summed E-state index contributed by atoms with van der Waals surface area (Å²) in [5.41, 5.74) is 5.82. The minimum atomic E-state index is -0.458. The van der Waals surface area contributed by atoms with Crippen LogP contribution in [0.25, 0.3) is 0 Å². The number of piperidine rings is 1. The Morgan fingerprint density at radius 1 is 1.26 bits per heavy atom. The van der Waals surface area contributed by atoms with E-state index in [0.717, 1.165) is 38.8 Å². The highest BCUT2D eigenvalue weighted by atomic mass is 16.2. The lowest BCUT2D eigenvalue weighted by atomic mass is 10.1. The van der Waals surface area contributed by atoms with E-state index in [9.17, 15) is 9.59 Å². The van der Waals surface area contributed by atoms with Crippen LogP contribution < -0.4 is 16.4 Å². The Balaban J connectivity index is 1.66. The number of hydrogen-bond acceptors (Lipinski definition) is 4. The van der Waals surface area contributed by atoms with Crippen LogP contribution in [0.2, 0.25) is 0 Å². The highest BCUT2D eigenvalue weighted by molar-refractivity contribution is 5.88. The second-order valence-corrected chi connectivity index (χ2v) is 5.69. The molecule has 1 unspecified atom stereocenters. The lowest BCUT2D eigenvalue weighted by Gasteiger charge is -2.29. The Hall–Kier alpha value is -1.14. The molecule has 19 heavy (non-hydrogen) atoms. The number of carbonyl (C=O) groups excluding carboxylic acids is 2. The average molecular weight is 268 g/mol. The summed E-state index contributed by atoms with van der Waals surface area (Å²) in [4.78, 5) is 25.6. The minimum absolute atomic E-state index is 0.0866. The van der Waals surface area contributed by atoms with Crippen molar-refractivity contribution in [2.24, 2.45) is 5.73 Å². The molecule has 1 aliphatic carbocycles. The number of nitrogens with one attached hydrogen (secondary N) is 2. The first kappa shape index (κ1) is 14.3. The minimum Gasteiger partial charge on any atom is -0.352 e. The summed E-state index contributed by atoms with van der Waals surface area (Å²) in [6.45, 7) is 3.80. The van der Waals surface area contributed by atoms with Crippen LogP contribution in [-0.2, 0) is 9.59 Å². The van der Waals surface area contributed by atoms with Gasteiger partial charge in [-0.3, -0.25) is 14.5 Å². The molecule has 2 amide bonds. The van der Waals surface area contributed by atoms with Gasteiger partial charge in [0.1, 0.15) is 6.04 Å². The van der Waals surface area contributed by atoms with E-state index in [2.05, 4.69) is 15.5 Å². The Bertz CT molecular complexity index is 336. The van der Waals surface area contributed by atoms with Crippen LogP contribution in [0.5, 0.6) is 0 Å². The van der Waals surface area contributed by atoms with Gasteiger partial charge in [0, 0.05) is 25.2 Å². The summed E-state index contributed by atoms with van der Waals surface area (Å²) in [7, 11) is 0. The first-order valence-corrected chi connectivity index (χ1v) is 7.12. The van der Waals surface area contributed by atoms with E-state index in [-0.39, 0.29) is 17.9 Å². The van der Waals surface area contributed by atoms with Gasteiger partial charge < -0.3 is 16.4 Å². The molecule has 2 rings (SSSR count). The van der Waals surface area contributed by atoms with Crippen molar-refractivity contribution in [2.45, 2.75) is 50.7 Å². The molecule has 2 fully saturated rings. The Kier molecular flexibility index (Phi) is 4.76. The van der Waals surface area contributed by atoms with Gasteiger partial charge in [0.2, 0.25) is 11.8 Å². The number of rotatable bonds is 5.